The maximum Gasteiger partial charge on any atom is 0.294 e. The van der Waals surface area contributed by atoms with Crippen LogP contribution >= 0.6 is 23.1 Å². The Hall–Kier alpha value is -1.52. The van der Waals surface area contributed by atoms with Crippen LogP contribution < -0.4 is 0 Å². The Bertz CT molecular complexity index is 579. The second kappa shape index (κ2) is 5.00. The van der Waals surface area contributed by atoms with Gasteiger partial charge in [-0.3, -0.25) is 10.1 Å². The van der Waals surface area contributed by atoms with Gasteiger partial charge in [-0.1, -0.05) is 0 Å². The third-order valence-corrected chi connectivity index (χ3v) is 4.58. The van der Waals surface area contributed by atoms with E-state index in [1.165, 1.54) is 22.1 Å². The minimum Gasteiger partial charge on any atom is -0.388 e. The molecular formula is C8H9N5O3S2. The van der Waals surface area contributed by atoms with E-state index in [0.717, 1.165) is 11.8 Å². The lowest BCUT2D eigenvalue weighted by molar-refractivity contribution is -0.387. The van der Waals surface area contributed by atoms with E-state index in [2.05, 4.69) is 15.5 Å². The fourth-order valence-corrected chi connectivity index (χ4v) is 3.30. The maximum atomic E-state index is 10.9. The number of aryl methyl sites for hydroxylation is 1. The van der Waals surface area contributed by atoms with Gasteiger partial charge in [-0.25, -0.2) is 4.68 Å². The highest BCUT2D eigenvalue weighted by molar-refractivity contribution is 8.01. The van der Waals surface area contributed by atoms with Gasteiger partial charge < -0.3 is 5.11 Å². The van der Waals surface area contributed by atoms with E-state index in [4.69, 9.17) is 0 Å². The van der Waals surface area contributed by atoms with Crippen LogP contribution in [0, 0.1) is 10.1 Å². The quantitative estimate of drug-likeness (QED) is 0.668. The van der Waals surface area contributed by atoms with Gasteiger partial charge in [0, 0.05) is 18.0 Å². The lowest BCUT2D eigenvalue weighted by Gasteiger charge is -1.96. The lowest BCUT2D eigenvalue weighted by atomic mass is 10.3. The molecule has 0 saturated carbocycles. The second-order valence-corrected chi connectivity index (χ2v) is 5.76. The van der Waals surface area contributed by atoms with Crippen molar-refractivity contribution in [3.8, 4) is 0 Å². The second-order valence-electron chi connectivity index (χ2n) is 3.44. The molecule has 0 spiro atoms. The number of aromatic nitrogens is 4. The fourth-order valence-electron chi connectivity index (χ4n) is 1.18. The van der Waals surface area contributed by atoms with E-state index in [-0.39, 0.29) is 5.69 Å². The topological polar surface area (TPSA) is 107 Å². The number of rotatable bonds is 4. The van der Waals surface area contributed by atoms with Crippen LogP contribution in [0.2, 0.25) is 0 Å². The van der Waals surface area contributed by atoms with Crippen LogP contribution in [0.3, 0.4) is 0 Å². The van der Waals surface area contributed by atoms with Crippen molar-refractivity contribution in [2.75, 3.05) is 0 Å². The van der Waals surface area contributed by atoms with Crippen molar-refractivity contribution in [1.82, 2.24) is 20.2 Å². The van der Waals surface area contributed by atoms with E-state index in [1.54, 1.807) is 14.0 Å². The summed E-state index contributed by atoms with van der Waals surface area (Å²) in [5, 5.41) is 31.7. The van der Waals surface area contributed by atoms with Crippen molar-refractivity contribution in [3.05, 3.63) is 21.1 Å². The molecule has 0 radical (unpaired) electrons. The highest BCUT2D eigenvalue weighted by atomic mass is 32.2. The Balaban J connectivity index is 2.37. The number of hydrogen-bond donors (Lipinski definition) is 1. The molecule has 0 saturated heterocycles. The number of nitrogens with zero attached hydrogens (tertiary/aromatic N) is 5. The molecule has 0 amide bonds. The van der Waals surface area contributed by atoms with Crippen LogP contribution in [0.25, 0.3) is 0 Å². The summed E-state index contributed by atoms with van der Waals surface area (Å²) in [6.45, 7) is 1.56. The molecule has 2 aromatic heterocycles. The van der Waals surface area contributed by atoms with Crippen molar-refractivity contribution in [2.24, 2.45) is 7.05 Å². The summed E-state index contributed by atoms with van der Waals surface area (Å²) in [5.41, 5.74) is -0.0381. The third-order valence-electron chi connectivity index (χ3n) is 2.07. The highest BCUT2D eigenvalue weighted by Crippen LogP contribution is 2.42. The van der Waals surface area contributed by atoms with Crippen LogP contribution in [-0.2, 0) is 7.05 Å². The largest absolute Gasteiger partial charge is 0.388 e. The molecule has 2 aromatic rings. The molecule has 8 nitrogen and oxygen atoms in total. The molecular weight excluding hydrogens is 278 g/mol. The molecule has 0 unspecified atom stereocenters. The van der Waals surface area contributed by atoms with E-state index in [1.807, 2.05) is 0 Å². The van der Waals surface area contributed by atoms with Crippen molar-refractivity contribution in [1.29, 1.82) is 0 Å². The predicted molar refractivity (Wildman–Crippen MR) is 64.5 cm³/mol. The molecule has 0 aliphatic heterocycles. The van der Waals surface area contributed by atoms with E-state index in [9.17, 15) is 15.2 Å². The van der Waals surface area contributed by atoms with Crippen LogP contribution in [-0.4, -0.2) is 30.2 Å². The Kier molecular flexibility index (Phi) is 3.59. The first-order chi connectivity index (χ1) is 8.49. The average Bonchev–Trinajstić information content (AvgIpc) is 2.87. The highest BCUT2D eigenvalue weighted by Gasteiger charge is 2.23. The zero-order valence-corrected chi connectivity index (χ0v) is 11.1. The SMILES string of the molecule is C[C@@H](O)c1cc([N+](=O)[O-])c(Sc2nnnn2C)s1. The number of thiophene rings is 1. The van der Waals surface area contributed by atoms with Crippen LogP contribution in [0.1, 0.15) is 17.9 Å². The lowest BCUT2D eigenvalue weighted by Crippen LogP contribution is -1.93. The van der Waals surface area contributed by atoms with Gasteiger partial charge in [-0.2, -0.15) is 0 Å². The van der Waals surface area contributed by atoms with Gasteiger partial charge in [0.2, 0.25) is 5.16 Å². The zero-order valence-electron chi connectivity index (χ0n) is 9.47. The van der Waals surface area contributed by atoms with Crippen LogP contribution in [0.15, 0.2) is 15.4 Å². The number of nitro groups is 1. The number of aliphatic hydroxyl groups excluding tert-OH is 1. The summed E-state index contributed by atoms with van der Waals surface area (Å²) in [4.78, 5) is 11.0. The number of tetrazole rings is 1. The summed E-state index contributed by atoms with van der Waals surface area (Å²) in [6.07, 6.45) is -0.735. The van der Waals surface area contributed by atoms with Crippen molar-refractivity contribution in [2.45, 2.75) is 22.4 Å². The molecule has 18 heavy (non-hydrogen) atoms. The van der Waals surface area contributed by atoms with Gasteiger partial charge in [-0.05, 0) is 29.1 Å². The smallest absolute Gasteiger partial charge is 0.294 e. The molecule has 0 aliphatic carbocycles. The number of aliphatic hydroxyl groups is 1. The molecule has 1 atom stereocenters. The summed E-state index contributed by atoms with van der Waals surface area (Å²) in [6, 6.07) is 1.38. The van der Waals surface area contributed by atoms with Gasteiger partial charge in [-0.15, -0.1) is 16.4 Å². The molecule has 0 aromatic carbocycles. The minimum absolute atomic E-state index is 0.0381. The van der Waals surface area contributed by atoms with Gasteiger partial charge in [0.1, 0.15) is 4.21 Å². The average molecular weight is 287 g/mol. The summed E-state index contributed by atoms with van der Waals surface area (Å²) < 4.78 is 1.88. The molecule has 96 valence electrons. The Morgan fingerprint density at radius 1 is 1.67 bits per heavy atom. The first-order valence-electron chi connectivity index (χ1n) is 4.85. The fraction of sp³-hybridized carbons (Fsp3) is 0.375. The standard InChI is InChI=1S/C8H9N5O3S2/c1-4(14)6-3-5(13(15)16)7(17-6)18-8-9-10-11-12(8)2/h3-4,14H,1-2H3/t4-/m1/s1. The molecule has 10 heteroatoms. The van der Waals surface area contributed by atoms with Crippen LogP contribution in [0.5, 0.6) is 0 Å². The molecule has 2 heterocycles. The molecule has 0 fully saturated rings. The Morgan fingerprint density at radius 2 is 2.39 bits per heavy atom. The van der Waals surface area contributed by atoms with Crippen molar-refractivity contribution >= 4 is 28.8 Å². The van der Waals surface area contributed by atoms with E-state index < -0.39 is 11.0 Å². The Labute approximate surface area is 110 Å². The Morgan fingerprint density at radius 3 is 2.89 bits per heavy atom. The van der Waals surface area contributed by atoms with Crippen molar-refractivity contribution < 1.29 is 10.0 Å². The predicted octanol–water partition coefficient (Wildman–Crippen LogP) is 1.38. The van der Waals surface area contributed by atoms with Crippen molar-refractivity contribution in [3.63, 3.8) is 0 Å². The number of hydrogen-bond acceptors (Lipinski definition) is 8. The minimum atomic E-state index is -0.735. The summed E-state index contributed by atoms with van der Waals surface area (Å²) in [7, 11) is 1.65. The summed E-state index contributed by atoms with van der Waals surface area (Å²) in [5.74, 6) is 0. The molecule has 0 bridgehead atoms. The third kappa shape index (κ3) is 2.49. The first-order valence-corrected chi connectivity index (χ1v) is 6.48. The van der Waals surface area contributed by atoms with Gasteiger partial charge in [0.25, 0.3) is 5.69 Å². The molecule has 0 aliphatic rings. The van der Waals surface area contributed by atoms with E-state index in [0.29, 0.717) is 14.2 Å². The first kappa shape index (κ1) is 12.9. The molecule has 2 rings (SSSR count). The monoisotopic (exact) mass is 287 g/mol. The normalized spacial score (nSPS) is 12.6. The van der Waals surface area contributed by atoms with Crippen LogP contribution in [0.4, 0.5) is 5.69 Å². The van der Waals surface area contributed by atoms with Gasteiger partial charge in [0.15, 0.2) is 0 Å². The summed E-state index contributed by atoms with van der Waals surface area (Å²) >= 11 is 2.27. The van der Waals surface area contributed by atoms with Gasteiger partial charge >= 0.3 is 0 Å². The molecule has 1 N–H and O–H groups in total. The zero-order chi connectivity index (χ0) is 13.3. The van der Waals surface area contributed by atoms with E-state index >= 15 is 0 Å². The maximum absolute atomic E-state index is 10.9. The van der Waals surface area contributed by atoms with Gasteiger partial charge in [0.05, 0.1) is 11.0 Å².